The van der Waals surface area contributed by atoms with Crippen LogP contribution in [-0.4, -0.2) is 22.8 Å². The third kappa shape index (κ3) is 3.10. The molecule has 0 atom stereocenters. The van der Waals surface area contributed by atoms with Crippen molar-refractivity contribution in [1.82, 2.24) is 15.5 Å². The number of urea groups is 1. The highest BCUT2D eigenvalue weighted by Gasteiger charge is 2.14. The van der Waals surface area contributed by atoms with Gasteiger partial charge in [0, 0.05) is 17.6 Å². The van der Waals surface area contributed by atoms with Gasteiger partial charge in [-0.1, -0.05) is 19.3 Å². The number of hydrogen-bond acceptors (Lipinski definition) is 2. The first-order valence-electron chi connectivity index (χ1n) is 7.29. The minimum atomic E-state index is -0.130. The third-order valence-corrected chi connectivity index (χ3v) is 3.98. The normalized spacial score (nSPS) is 16.2. The lowest BCUT2D eigenvalue weighted by Crippen LogP contribution is -2.33. The first kappa shape index (κ1) is 13.0. The van der Waals surface area contributed by atoms with Crippen LogP contribution in [0.5, 0.6) is 0 Å². The van der Waals surface area contributed by atoms with Crippen molar-refractivity contribution in [2.45, 2.75) is 32.1 Å². The summed E-state index contributed by atoms with van der Waals surface area (Å²) in [7, 11) is 0. The fourth-order valence-corrected chi connectivity index (χ4v) is 2.82. The Hall–Kier alpha value is -2.04. The molecule has 1 heterocycles. The molecule has 5 heteroatoms. The Morgan fingerprint density at radius 2 is 2.15 bits per heavy atom. The van der Waals surface area contributed by atoms with Crippen molar-refractivity contribution in [3.05, 3.63) is 24.4 Å². The largest absolute Gasteiger partial charge is 0.338 e. The van der Waals surface area contributed by atoms with Gasteiger partial charge < -0.3 is 10.6 Å². The standard InChI is InChI=1S/C15H20N4O/c20-15(16-9-11-4-2-1-3-5-11)18-13-7-6-12-10-17-19-14(12)8-13/h6-8,10-11H,1-5,9H2,(H,17,19)(H2,16,18,20). The zero-order valence-electron chi connectivity index (χ0n) is 11.5. The van der Waals surface area contributed by atoms with Gasteiger partial charge >= 0.3 is 6.03 Å². The molecule has 1 fully saturated rings. The Bertz CT molecular complexity index is 586. The second-order valence-corrected chi connectivity index (χ2v) is 5.51. The number of H-pyrrole nitrogens is 1. The smallest absolute Gasteiger partial charge is 0.319 e. The number of aromatic nitrogens is 2. The van der Waals surface area contributed by atoms with Gasteiger partial charge in [-0.25, -0.2) is 4.79 Å². The molecule has 1 aliphatic rings. The van der Waals surface area contributed by atoms with Crippen LogP contribution in [0.3, 0.4) is 0 Å². The maximum atomic E-state index is 11.9. The van der Waals surface area contributed by atoms with Crippen LogP contribution in [0.4, 0.5) is 10.5 Å². The summed E-state index contributed by atoms with van der Waals surface area (Å²) in [6, 6.07) is 5.59. The lowest BCUT2D eigenvalue weighted by atomic mass is 9.89. The van der Waals surface area contributed by atoms with Crippen molar-refractivity contribution in [2.75, 3.05) is 11.9 Å². The van der Waals surface area contributed by atoms with E-state index in [0.29, 0.717) is 5.92 Å². The highest BCUT2D eigenvalue weighted by atomic mass is 16.2. The molecule has 0 spiro atoms. The van der Waals surface area contributed by atoms with Gasteiger partial charge in [0.05, 0.1) is 11.7 Å². The van der Waals surface area contributed by atoms with Gasteiger partial charge in [0.2, 0.25) is 0 Å². The first-order valence-corrected chi connectivity index (χ1v) is 7.29. The van der Waals surface area contributed by atoms with Crippen molar-refractivity contribution < 1.29 is 4.79 Å². The van der Waals surface area contributed by atoms with Crippen molar-refractivity contribution in [2.24, 2.45) is 5.92 Å². The molecular weight excluding hydrogens is 252 g/mol. The molecule has 3 N–H and O–H groups in total. The second-order valence-electron chi connectivity index (χ2n) is 5.51. The average Bonchev–Trinajstić information content (AvgIpc) is 2.94. The molecule has 0 aliphatic heterocycles. The number of hydrogen-bond donors (Lipinski definition) is 3. The Labute approximate surface area is 118 Å². The molecule has 1 aromatic carbocycles. The van der Waals surface area contributed by atoms with Crippen molar-refractivity contribution in [1.29, 1.82) is 0 Å². The topological polar surface area (TPSA) is 69.8 Å². The maximum Gasteiger partial charge on any atom is 0.319 e. The predicted octanol–water partition coefficient (Wildman–Crippen LogP) is 3.26. The summed E-state index contributed by atoms with van der Waals surface area (Å²) in [5, 5.41) is 13.7. The second kappa shape index (κ2) is 5.94. The van der Waals surface area contributed by atoms with E-state index in [1.807, 2.05) is 18.2 Å². The van der Waals surface area contributed by atoms with Crippen LogP contribution in [0.1, 0.15) is 32.1 Å². The fourth-order valence-electron chi connectivity index (χ4n) is 2.82. The molecule has 3 rings (SSSR count). The zero-order valence-corrected chi connectivity index (χ0v) is 11.5. The van der Waals surface area contributed by atoms with Crippen LogP contribution >= 0.6 is 0 Å². The summed E-state index contributed by atoms with van der Waals surface area (Å²) < 4.78 is 0. The molecule has 0 unspecified atom stereocenters. The number of rotatable bonds is 3. The monoisotopic (exact) mass is 272 g/mol. The van der Waals surface area contributed by atoms with E-state index < -0.39 is 0 Å². The molecular formula is C15H20N4O. The van der Waals surface area contributed by atoms with E-state index >= 15 is 0 Å². The number of anilines is 1. The first-order chi connectivity index (χ1) is 9.81. The van der Waals surface area contributed by atoms with E-state index in [-0.39, 0.29) is 6.03 Å². The Balaban J connectivity index is 1.52. The van der Waals surface area contributed by atoms with E-state index in [0.717, 1.165) is 23.1 Å². The number of amides is 2. The van der Waals surface area contributed by atoms with Gasteiger partial charge in [0.25, 0.3) is 0 Å². The highest BCUT2D eigenvalue weighted by molar-refractivity contribution is 5.92. The van der Waals surface area contributed by atoms with Crippen LogP contribution in [0, 0.1) is 5.92 Å². The molecule has 2 amide bonds. The lowest BCUT2D eigenvalue weighted by molar-refractivity contribution is 0.247. The molecule has 0 radical (unpaired) electrons. The van der Waals surface area contributed by atoms with E-state index in [1.165, 1.54) is 32.1 Å². The van der Waals surface area contributed by atoms with Gasteiger partial charge in [-0.3, -0.25) is 5.10 Å². The number of nitrogens with zero attached hydrogens (tertiary/aromatic N) is 1. The van der Waals surface area contributed by atoms with Crippen LogP contribution in [0.2, 0.25) is 0 Å². The van der Waals surface area contributed by atoms with Crippen molar-refractivity contribution >= 4 is 22.6 Å². The fraction of sp³-hybridized carbons (Fsp3) is 0.467. The summed E-state index contributed by atoms with van der Waals surface area (Å²) >= 11 is 0. The molecule has 0 saturated heterocycles. The summed E-state index contributed by atoms with van der Waals surface area (Å²) in [6.07, 6.45) is 8.17. The molecule has 0 bridgehead atoms. The highest BCUT2D eigenvalue weighted by Crippen LogP contribution is 2.22. The average molecular weight is 272 g/mol. The summed E-state index contributed by atoms with van der Waals surface area (Å²) in [5.74, 6) is 0.643. The molecule has 2 aromatic rings. The number of aromatic amines is 1. The summed E-state index contributed by atoms with van der Waals surface area (Å²) in [4.78, 5) is 11.9. The summed E-state index contributed by atoms with van der Waals surface area (Å²) in [5.41, 5.74) is 1.71. The van der Waals surface area contributed by atoms with Gasteiger partial charge in [-0.15, -0.1) is 0 Å². The Kier molecular flexibility index (Phi) is 3.85. The molecule has 106 valence electrons. The van der Waals surface area contributed by atoms with Crippen molar-refractivity contribution in [3.63, 3.8) is 0 Å². The van der Waals surface area contributed by atoms with Gasteiger partial charge in [-0.05, 0) is 37.0 Å². The van der Waals surface area contributed by atoms with Crippen LogP contribution in [-0.2, 0) is 0 Å². The number of benzene rings is 1. The molecule has 20 heavy (non-hydrogen) atoms. The van der Waals surface area contributed by atoms with Crippen molar-refractivity contribution in [3.8, 4) is 0 Å². The zero-order chi connectivity index (χ0) is 13.8. The number of fused-ring (bicyclic) bond motifs is 1. The van der Waals surface area contributed by atoms with E-state index in [9.17, 15) is 4.79 Å². The Morgan fingerprint density at radius 3 is 3.00 bits per heavy atom. The van der Waals surface area contributed by atoms with Crippen LogP contribution < -0.4 is 10.6 Å². The molecule has 1 aromatic heterocycles. The van der Waals surface area contributed by atoms with E-state index in [2.05, 4.69) is 20.8 Å². The number of carbonyl (C=O) groups is 1. The lowest BCUT2D eigenvalue weighted by Gasteiger charge is -2.21. The SMILES string of the molecule is O=C(NCC1CCCCC1)Nc1ccc2cn[nH]c2c1. The van der Waals surface area contributed by atoms with E-state index in [1.54, 1.807) is 6.20 Å². The predicted molar refractivity (Wildman–Crippen MR) is 79.7 cm³/mol. The molecule has 1 aliphatic carbocycles. The Morgan fingerprint density at radius 1 is 1.30 bits per heavy atom. The molecule has 1 saturated carbocycles. The van der Waals surface area contributed by atoms with E-state index in [4.69, 9.17) is 0 Å². The number of carbonyl (C=O) groups excluding carboxylic acids is 1. The van der Waals surface area contributed by atoms with Gasteiger partial charge in [0.15, 0.2) is 0 Å². The van der Waals surface area contributed by atoms with Gasteiger partial charge in [-0.2, -0.15) is 5.10 Å². The minimum absolute atomic E-state index is 0.130. The van der Waals surface area contributed by atoms with Crippen LogP contribution in [0.25, 0.3) is 10.9 Å². The maximum absolute atomic E-state index is 11.9. The third-order valence-electron chi connectivity index (χ3n) is 3.98. The minimum Gasteiger partial charge on any atom is -0.338 e. The molecule has 5 nitrogen and oxygen atoms in total. The van der Waals surface area contributed by atoms with Crippen LogP contribution in [0.15, 0.2) is 24.4 Å². The quantitative estimate of drug-likeness (QED) is 0.802. The van der Waals surface area contributed by atoms with Gasteiger partial charge in [0.1, 0.15) is 0 Å². The number of nitrogens with one attached hydrogen (secondary N) is 3. The summed E-state index contributed by atoms with van der Waals surface area (Å²) in [6.45, 7) is 0.776.